The van der Waals surface area contributed by atoms with Gasteiger partial charge in [-0.2, -0.15) is 5.10 Å². The highest BCUT2D eigenvalue weighted by Crippen LogP contribution is 2.36. The highest BCUT2D eigenvalue weighted by Gasteiger charge is 2.26. The van der Waals surface area contributed by atoms with Gasteiger partial charge in [-0.3, -0.25) is 9.20 Å². The largest absolute Gasteiger partial charge is 0.494 e. The van der Waals surface area contributed by atoms with Gasteiger partial charge < -0.3 is 10.5 Å². The lowest BCUT2D eigenvalue weighted by Gasteiger charge is -2.18. The van der Waals surface area contributed by atoms with Gasteiger partial charge in [-0.05, 0) is 55.0 Å². The molecule has 0 aliphatic rings. The van der Waals surface area contributed by atoms with Crippen LogP contribution < -0.4 is 16.0 Å². The average molecular weight is 544 g/mol. The summed E-state index contributed by atoms with van der Waals surface area (Å²) >= 11 is 0. The van der Waals surface area contributed by atoms with E-state index in [-0.39, 0.29) is 34.0 Å². The Balaban J connectivity index is 1.63. The first-order chi connectivity index (χ1) is 19.3. The molecule has 0 radical (unpaired) electrons. The van der Waals surface area contributed by atoms with Crippen LogP contribution in [0.1, 0.15) is 18.7 Å². The molecule has 40 heavy (non-hydrogen) atoms. The van der Waals surface area contributed by atoms with Gasteiger partial charge in [0.1, 0.15) is 35.1 Å². The maximum absolute atomic E-state index is 14.6. The average Bonchev–Trinajstić information content (AvgIpc) is 3.34. The van der Waals surface area contributed by atoms with Gasteiger partial charge in [0.05, 0.1) is 29.8 Å². The first-order valence-corrected chi connectivity index (χ1v) is 12.1. The highest BCUT2D eigenvalue weighted by molar-refractivity contribution is 5.98. The van der Waals surface area contributed by atoms with Crippen molar-refractivity contribution >= 4 is 22.5 Å². The van der Waals surface area contributed by atoms with Crippen molar-refractivity contribution in [1.82, 2.24) is 29.1 Å². The number of halogens is 3. The summed E-state index contributed by atoms with van der Waals surface area (Å²) in [5.41, 5.74) is 7.33. The lowest BCUT2D eigenvalue weighted by Crippen LogP contribution is -2.23. The number of benzene rings is 2. The summed E-state index contributed by atoms with van der Waals surface area (Å²) in [7, 11) is 1.36. The molecular formula is C28H20F3N7O2. The lowest BCUT2D eigenvalue weighted by atomic mass is 10.0. The fraction of sp³-hybridized carbons (Fsp3) is 0.107. The van der Waals surface area contributed by atoms with Gasteiger partial charge >= 0.3 is 0 Å². The zero-order valence-electron chi connectivity index (χ0n) is 21.1. The van der Waals surface area contributed by atoms with Crippen molar-refractivity contribution in [3.8, 4) is 28.1 Å². The molecule has 0 aliphatic heterocycles. The Morgan fingerprint density at radius 2 is 1.80 bits per heavy atom. The molecule has 4 heterocycles. The van der Waals surface area contributed by atoms with Gasteiger partial charge in [0, 0.05) is 11.8 Å². The number of anilines is 1. The summed E-state index contributed by atoms with van der Waals surface area (Å²) in [6, 6.07) is 11.6. The monoisotopic (exact) mass is 543 g/mol. The number of pyridine rings is 1. The summed E-state index contributed by atoms with van der Waals surface area (Å²) in [4.78, 5) is 26.8. The maximum Gasteiger partial charge on any atom is 0.266 e. The Hall–Kier alpha value is -5.26. The summed E-state index contributed by atoms with van der Waals surface area (Å²) in [6.45, 7) is 1.73. The van der Waals surface area contributed by atoms with Gasteiger partial charge in [-0.15, -0.1) is 0 Å². The molecule has 6 aromatic rings. The van der Waals surface area contributed by atoms with Gasteiger partial charge in [0.2, 0.25) is 0 Å². The topological polar surface area (TPSA) is 113 Å². The van der Waals surface area contributed by atoms with Crippen molar-refractivity contribution in [2.75, 3.05) is 12.8 Å². The number of aromatic nitrogens is 6. The second-order valence-corrected chi connectivity index (χ2v) is 9.04. The van der Waals surface area contributed by atoms with Crippen molar-refractivity contribution in [3.63, 3.8) is 0 Å². The number of ether oxygens (including phenoxy) is 1. The number of nitrogens with zero attached hydrogens (tertiary/aromatic N) is 6. The van der Waals surface area contributed by atoms with Crippen LogP contribution in [-0.4, -0.2) is 36.2 Å². The molecule has 0 amide bonds. The Morgan fingerprint density at radius 1 is 0.975 bits per heavy atom. The van der Waals surface area contributed by atoms with E-state index in [0.29, 0.717) is 22.3 Å². The molecule has 200 valence electrons. The molecule has 2 N–H and O–H groups in total. The Bertz CT molecular complexity index is 2000. The van der Waals surface area contributed by atoms with Crippen LogP contribution in [0.2, 0.25) is 0 Å². The number of nitrogen functional groups attached to an aromatic ring is 1. The predicted octanol–water partition coefficient (Wildman–Crippen LogP) is 4.79. The van der Waals surface area contributed by atoms with Crippen molar-refractivity contribution in [3.05, 3.63) is 101 Å². The van der Waals surface area contributed by atoms with Crippen LogP contribution >= 0.6 is 0 Å². The molecule has 12 heteroatoms. The van der Waals surface area contributed by atoms with E-state index < -0.39 is 29.1 Å². The first kappa shape index (κ1) is 25.0. The van der Waals surface area contributed by atoms with Gasteiger partial charge in [-0.1, -0.05) is 12.1 Å². The van der Waals surface area contributed by atoms with Crippen LogP contribution in [0, 0.1) is 17.5 Å². The number of hydrogen-bond donors (Lipinski definition) is 1. The van der Waals surface area contributed by atoms with E-state index >= 15 is 0 Å². The van der Waals surface area contributed by atoms with Crippen molar-refractivity contribution in [2.24, 2.45) is 0 Å². The number of methoxy groups -OCH3 is 1. The van der Waals surface area contributed by atoms with Crippen LogP contribution in [0.25, 0.3) is 39.1 Å². The van der Waals surface area contributed by atoms with Crippen LogP contribution in [-0.2, 0) is 0 Å². The van der Waals surface area contributed by atoms with Crippen LogP contribution in [0.4, 0.5) is 19.0 Å². The van der Waals surface area contributed by atoms with Gasteiger partial charge in [-0.25, -0.2) is 32.8 Å². The lowest BCUT2D eigenvalue weighted by molar-refractivity contribution is 0.386. The third-order valence-corrected chi connectivity index (χ3v) is 6.63. The molecule has 0 spiro atoms. The smallest absolute Gasteiger partial charge is 0.266 e. The second kappa shape index (κ2) is 9.49. The number of nitrogens with two attached hydrogens (primary N) is 1. The quantitative estimate of drug-likeness (QED) is 0.333. The van der Waals surface area contributed by atoms with E-state index in [1.165, 1.54) is 60.6 Å². The van der Waals surface area contributed by atoms with E-state index in [9.17, 15) is 18.0 Å². The summed E-state index contributed by atoms with van der Waals surface area (Å²) in [5, 5.41) is 5.08. The molecule has 0 aliphatic carbocycles. The fourth-order valence-corrected chi connectivity index (χ4v) is 4.74. The minimum atomic E-state index is -0.769. The number of hydrogen-bond acceptors (Lipinski definition) is 7. The zero-order chi connectivity index (χ0) is 28.1. The van der Waals surface area contributed by atoms with Crippen LogP contribution in [0.3, 0.4) is 0 Å². The number of rotatable bonds is 5. The highest BCUT2D eigenvalue weighted by atomic mass is 19.1. The fourth-order valence-electron chi connectivity index (χ4n) is 4.74. The van der Waals surface area contributed by atoms with Crippen molar-refractivity contribution in [1.29, 1.82) is 0 Å². The predicted molar refractivity (Wildman–Crippen MR) is 142 cm³/mol. The molecule has 0 unspecified atom stereocenters. The van der Waals surface area contributed by atoms with E-state index in [4.69, 9.17) is 15.6 Å². The minimum absolute atomic E-state index is 0.0535. The SMILES string of the molecule is COc1ccc(-c2nn([C@@H](C)c3nc4ccc(F)cn4c(=O)c3-c3cccc(F)c3)c3ncnc(N)c23)cc1F. The molecule has 0 bridgehead atoms. The summed E-state index contributed by atoms with van der Waals surface area (Å²) < 4.78 is 50.6. The molecule has 0 fully saturated rings. The Morgan fingerprint density at radius 3 is 2.55 bits per heavy atom. The molecular weight excluding hydrogens is 523 g/mol. The third-order valence-electron chi connectivity index (χ3n) is 6.63. The molecule has 0 saturated carbocycles. The van der Waals surface area contributed by atoms with Gasteiger partial charge in [0.15, 0.2) is 17.2 Å². The summed E-state index contributed by atoms with van der Waals surface area (Å²) in [5.74, 6) is -1.63. The molecule has 9 nitrogen and oxygen atoms in total. The maximum atomic E-state index is 14.6. The summed E-state index contributed by atoms with van der Waals surface area (Å²) in [6.07, 6.45) is 2.29. The van der Waals surface area contributed by atoms with E-state index in [0.717, 1.165) is 10.6 Å². The Labute approximate surface area is 224 Å². The normalized spacial score (nSPS) is 12.2. The molecule has 4 aromatic heterocycles. The second-order valence-electron chi connectivity index (χ2n) is 9.04. The molecule has 2 aromatic carbocycles. The standard InChI is InChI=1S/C28H20F3N7O2/c1-14(24-22(15-4-3-5-17(29)10-15)28(39)37-12-18(30)7-9-21(37)35-24)38-27-23(26(32)33-13-34-27)25(36-38)16-6-8-20(40-2)19(31)11-16/h3-14H,1-2H3,(H2,32,33,34)/t14-/m0/s1. The van der Waals surface area contributed by atoms with Crippen LogP contribution in [0.15, 0.2) is 71.9 Å². The number of fused-ring (bicyclic) bond motifs is 2. The van der Waals surface area contributed by atoms with E-state index in [2.05, 4.69) is 15.0 Å². The van der Waals surface area contributed by atoms with Crippen molar-refractivity contribution < 1.29 is 17.9 Å². The van der Waals surface area contributed by atoms with Gasteiger partial charge in [0.25, 0.3) is 5.56 Å². The van der Waals surface area contributed by atoms with Crippen molar-refractivity contribution in [2.45, 2.75) is 13.0 Å². The minimum Gasteiger partial charge on any atom is -0.494 e. The van der Waals surface area contributed by atoms with E-state index in [1.54, 1.807) is 19.1 Å². The third kappa shape index (κ3) is 4.01. The zero-order valence-corrected chi connectivity index (χ0v) is 21.1. The van der Waals surface area contributed by atoms with Crippen LogP contribution in [0.5, 0.6) is 5.75 Å². The molecule has 0 saturated heterocycles. The van der Waals surface area contributed by atoms with E-state index in [1.807, 2.05) is 0 Å². The molecule has 1 atom stereocenters. The Kier molecular flexibility index (Phi) is 5.94. The first-order valence-electron chi connectivity index (χ1n) is 12.1. The molecule has 6 rings (SSSR count).